The first-order chi connectivity index (χ1) is 51.2. The van der Waals surface area contributed by atoms with Gasteiger partial charge in [-0.1, -0.05) is 84.0 Å². The van der Waals surface area contributed by atoms with Crippen LogP contribution in [0.4, 0.5) is 0 Å². The van der Waals surface area contributed by atoms with E-state index >= 15 is 4.79 Å². The number of carbonyl (C=O) groups excluding carboxylic acids is 14. The first-order valence-electron chi connectivity index (χ1n) is 36.6. The van der Waals surface area contributed by atoms with E-state index in [4.69, 9.17) is 22.9 Å². The molecule has 36 heteroatoms. The van der Waals surface area contributed by atoms with Gasteiger partial charge in [-0.2, -0.15) is 11.8 Å². The largest absolute Gasteiger partial charge is 0.508 e. The third-order valence-corrected chi connectivity index (χ3v) is 18.0. The summed E-state index contributed by atoms with van der Waals surface area (Å²) in [6, 6.07) is -0.351. The summed E-state index contributed by atoms with van der Waals surface area (Å²) in [5, 5.41) is 58.8. The zero-order valence-electron chi connectivity index (χ0n) is 63.0. The SMILES string of the molecule is CSCCC1NC(=O)[C@H](CCCCN)NC(=O)C(CCC(=O)O)NC(=O)[C@H](CCCCN)NC(=O)CN(C(=O)[C@H](Cc2ccccc2)NC(=O)[C@H](CC(C)C)NC(=O)[C@H](CO)NC(=O)[C@@H](N)Cc2ccc(O)cc2)CCNC(=O)CCC(=O)NCCN(CC(N)=O)C(=O)[C@H](CC(C)C)NC(=O)C(C(C)C)NC1=O. The number of hydrogen-bond donors (Lipinski definition) is 18. The van der Waals surface area contributed by atoms with Crippen molar-refractivity contribution in [1.29, 1.82) is 0 Å². The van der Waals surface area contributed by atoms with Crippen molar-refractivity contribution in [3.63, 3.8) is 0 Å². The fourth-order valence-electron chi connectivity index (χ4n) is 11.5. The third kappa shape index (κ3) is 35.0. The predicted octanol–water partition coefficient (Wildman–Crippen LogP) is -3.35. The number of phenols is 1. The van der Waals surface area contributed by atoms with Gasteiger partial charge < -0.3 is 107 Å². The molecule has 108 heavy (non-hydrogen) atoms. The average Bonchev–Trinajstić information content (AvgIpc) is 0.849. The van der Waals surface area contributed by atoms with Gasteiger partial charge in [0.05, 0.1) is 25.7 Å². The molecule has 14 amide bonds. The summed E-state index contributed by atoms with van der Waals surface area (Å²) < 4.78 is 0. The number of carbonyl (C=O) groups is 15. The molecule has 0 saturated carbocycles. The number of amides is 14. The number of nitrogens with zero attached hydrogens (tertiary/aromatic N) is 2. The van der Waals surface area contributed by atoms with Gasteiger partial charge in [0.15, 0.2) is 0 Å². The molecule has 35 nitrogen and oxygen atoms in total. The van der Waals surface area contributed by atoms with Crippen LogP contribution in [0.1, 0.15) is 136 Å². The summed E-state index contributed by atoms with van der Waals surface area (Å²) in [7, 11) is 0. The first-order valence-corrected chi connectivity index (χ1v) is 38.0. The number of aliphatic carboxylic acids is 1. The zero-order valence-corrected chi connectivity index (χ0v) is 63.8. The number of carboxylic acids is 1. The fourth-order valence-corrected chi connectivity index (χ4v) is 12.0. The Kier molecular flexibility index (Phi) is 42.4. The molecule has 0 aliphatic carbocycles. The van der Waals surface area contributed by atoms with Crippen LogP contribution in [-0.4, -0.2) is 245 Å². The number of nitrogens with one attached hydrogen (secondary N) is 11. The van der Waals surface area contributed by atoms with Crippen molar-refractivity contribution in [1.82, 2.24) is 68.3 Å². The summed E-state index contributed by atoms with van der Waals surface area (Å²) in [4.78, 5) is 213. The van der Waals surface area contributed by atoms with Crippen LogP contribution in [-0.2, 0) is 84.8 Å². The van der Waals surface area contributed by atoms with Gasteiger partial charge in [0.1, 0.15) is 60.1 Å². The van der Waals surface area contributed by atoms with Crippen LogP contribution in [0, 0.1) is 17.8 Å². The van der Waals surface area contributed by atoms with E-state index in [1.54, 1.807) is 90.3 Å². The van der Waals surface area contributed by atoms with E-state index < -0.39 is 213 Å². The summed E-state index contributed by atoms with van der Waals surface area (Å²) in [6.45, 7) is 6.66. The quantitative estimate of drug-likeness (QED) is 0.0311. The standard InChI is InChI=1S/C72H115N17O18S/c1-42(2)35-53(83-69(104)56(41-90)86-63(98)48(75)37-46-19-21-47(91)22-20-46)68(103)84-55(38-45-15-9-8-10-16-45)72(107)89-33-31-78-59(94)25-24-58(93)77-30-32-88(39-57(76)92)71(106)54(36-43(3)4)85-70(105)62(44(5)6)87-67(102)52(27-34-108-7)82-65(100)50(18-12-14-29-74)80-66(101)51(23-26-61(96)97)81-64(99)49(17-11-13-28-73)79-60(95)40-89/h8-10,15-16,19-22,42-44,48-56,62,90-91H,11-14,17-18,23-41,73-75H2,1-7H3,(H2,76,92)(H,77,93)(H,78,94)(H,79,95)(H,80,101)(H,81,99)(H,82,100)(H,83,104)(H,84,103)(H,85,105)(H,86,98)(H,87,102)(H,96,97)/t48-,49-,50-,51?,52?,53-,54-,55-,56-,62?/m0/s1. The zero-order chi connectivity index (χ0) is 80.6. The Labute approximate surface area is 634 Å². The first kappa shape index (κ1) is 92.7. The molecule has 1 aliphatic heterocycles. The molecule has 1 heterocycles. The van der Waals surface area contributed by atoms with E-state index in [1.807, 2.05) is 0 Å². The van der Waals surface area contributed by atoms with E-state index in [9.17, 15) is 82.4 Å². The number of aliphatic hydroxyl groups is 1. The highest BCUT2D eigenvalue weighted by Crippen LogP contribution is 2.17. The number of unbranched alkanes of at least 4 members (excludes halogenated alkanes) is 2. The van der Waals surface area contributed by atoms with E-state index in [-0.39, 0.29) is 102 Å². The number of primary amides is 1. The highest BCUT2D eigenvalue weighted by atomic mass is 32.2. The Morgan fingerprint density at radius 1 is 0.574 bits per heavy atom. The van der Waals surface area contributed by atoms with Gasteiger partial charge in [0.2, 0.25) is 82.7 Å². The monoisotopic (exact) mass is 1540 g/mol. The van der Waals surface area contributed by atoms with E-state index in [2.05, 4.69) is 58.5 Å². The van der Waals surface area contributed by atoms with Gasteiger partial charge in [-0.15, -0.1) is 0 Å². The van der Waals surface area contributed by atoms with Gasteiger partial charge in [-0.05, 0) is 137 Å². The Morgan fingerprint density at radius 3 is 1.59 bits per heavy atom. The van der Waals surface area contributed by atoms with E-state index in [0.717, 1.165) is 9.80 Å². The lowest BCUT2D eigenvalue weighted by Gasteiger charge is -2.31. The maximum absolute atomic E-state index is 15.4. The molecule has 3 unspecified atom stereocenters. The number of hydrogen-bond acceptors (Lipinski definition) is 21. The number of thioether (sulfide) groups is 1. The highest BCUT2D eigenvalue weighted by molar-refractivity contribution is 7.98. The molecule has 22 N–H and O–H groups in total. The number of carboxylic acid groups (broad SMARTS) is 1. The third-order valence-electron chi connectivity index (χ3n) is 17.3. The number of rotatable bonds is 33. The van der Waals surface area contributed by atoms with Crippen molar-refractivity contribution in [3.8, 4) is 5.75 Å². The average molecular weight is 1540 g/mol. The second-order valence-corrected chi connectivity index (χ2v) is 28.8. The van der Waals surface area contributed by atoms with Crippen molar-refractivity contribution < 1.29 is 87.2 Å². The van der Waals surface area contributed by atoms with Crippen LogP contribution in [0.2, 0.25) is 0 Å². The summed E-state index contributed by atoms with van der Waals surface area (Å²) in [5.74, 6) is -14.6. The minimum atomic E-state index is -1.70. The Hall–Kier alpha value is -9.52. The molecule has 1 fully saturated rings. The Balaban J connectivity index is 2.22. The molecule has 1 aliphatic rings. The molecule has 0 aromatic heterocycles. The Bertz CT molecular complexity index is 3300. The molecular weight excluding hydrogens is 1420 g/mol. The van der Waals surface area contributed by atoms with E-state index in [1.165, 1.54) is 23.9 Å². The fraction of sp³-hybridized carbons (Fsp3) is 0.625. The van der Waals surface area contributed by atoms with Crippen molar-refractivity contribution in [2.24, 2.45) is 40.7 Å². The predicted molar refractivity (Wildman–Crippen MR) is 401 cm³/mol. The molecule has 10 atom stereocenters. The van der Waals surface area contributed by atoms with Gasteiger partial charge in [-0.3, -0.25) is 71.9 Å². The second-order valence-electron chi connectivity index (χ2n) is 27.9. The normalized spacial score (nSPS) is 20.3. The number of benzene rings is 2. The number of aromatic hydroxyl groups is 1. The maximum Gasteiger partial charge on any atom is 0.303 e. The van der Waals surface area contributed by atoms with Crippen molar-refractivity contribution in [2.75, 3.05) is 71.0 Å². The molecule has 3 rings (SSSR count). The molecular formula is C72H115N17O18S. The summed E-state index contributed by atoms with van der Waals surface area (Å²) in [6.07, 6.45) is 0.203. The van der Waals surface area contributed by atoms with E-state index in [0.29, 0.717) is 29.7 Å². The smallest absolute Gasteiger partial charge is 0.303 e. The van der Waals surface area contributed by atoms with Crippen LogP contribution in [0.25, 0.3) is 0 Å². The lowest BCUT2D eigenvalue weighted by atomic mass is 9.99. The molecule has 2 aromatic carbocycles. The van der Waals surface area contributed by atoms with Crippen LogP contribution in [0.3, 0.4) is 0 Å². The minimum absolute atomic E-state index is 0.000464. The second kappa shape index (κ2) is 49.4. The summed E-state index contributed by atoms with van der Waals surface area (Å²) in [5.41, 5.74) is 24.5. The van der Waals surface area contributed by atoms with Crippen molar-refractivity contribution in [2.45, 2.75) is 198 Å². The van der Waals surface area contributed by atoms with Crippen LogP contribution in [0.15, 0.2) is 54.6 Å². The highest BCUT2D eigenvalue weighted by Gasteiger charge is 2.38. The number of phenolic OH excluding ortho intramolecular Hbond substituents is 1. The van der Waals surface area contributed by atoms with Crippen LogP contribution < -0.4 is 81.4 Å². The topological polar surface area (TPSA) is 560 Å². The molecule has 0 bridgehead atoms. The van der Waals surface area contributed by atoms with Gasteiger partial charge >= 0.3 is 5.97 Å². The summed E-state index contributed by atoms with van der Waals surface area (Å²) >= 11 is 1.33. The Morgan fingerprint density at radius 2 is 1.07 bits per heavy atom. The van der Waals surface area contributed by atoms with Crippen LogP contribution in [0.5, 0.6) is 5.75 Å². The lowest BCUT2D eigenvalue weighted by molar-refractivity contribution is -0.141. The molecule has 0 radical (unpaired) electrons. The van der Waals surface area contributed by atoms with Crippen molar-refractivity contribution >= 4 is 100 Å². The maximum atomic E-state index is 15.4. The lowest BCUT2D eigenvalue weighted by Crippen LogP contribution is -2.61. The van der Waals surface area contributed by atoms with Crippen molar-refractivity contribution in [3.05, 3.63) is 65.7 Å². The number of nitrogens with two attached hydrogens (primary N) is 4. The molecule has 602 valence electrons. The minimum Gasteiger partial charge on any atom is -0.508 e. The molecule has 0 spiro atoms. The van der Waals surface area contributed by atoms with Crippen LogP contribution >= 0.6 is 11.8 Å². The molecule has 2 aromatic rings. The van der Waals surface area contributed by atoms with Gasteiger partial charge in [0, 0.05) is 51.9 Å². The molecule has 1 saturated heterocycles. The number of aliphatic hydroxyl groups excluding tert-OH is 1. The van der Waals surface area contributed by atoms with Gasteiger partial charge in [-0.25, -0.2) is 0 Å². The van der Waals surface area contributed by atoms with Gasteiger partial charge in [0.25, 0.3) is 0 Å².